The van der Waals surface area contributed by atoms with Crippen LogP contribution in [0.3, 0.4) is 0 Å². The van der Waals surface area contributed by atoms with Crippen LogP contribution in [-0.2, 0) is 97.0 Å². The molecule has 6 aromatic carbocycles. The van der Waals surface area contributed by atoms with E-state index in [1.165, 1.54) is 22.7 Å². The summed E-state index contributed by atoms with van der Waals surface area (Å²) >= 11 is 9.50. The van der Waals surface area contributed by atoms with E-state index in [0.717, 1.165) is 146 Å². The molecule has 140 heavy (non-hydrogen) atoms. The Hall–Kier alpha value is -12.7. The molecule has 0 radical (unpaired) electrons. The van der Waals surface area contributed by atoms with Crippen LogP contribution in [0.15, 0.2) is 165 Å². The predicted octanol–water partition coefficient (Wildman–Crippen LogP) is 23.6. The number of urea groups is 2. The van der Waals surface area contributed by atoms with Crippen LogP contribution in [0.25, 0.3) is 11.1 Å². The van der Waals surface area contributed by atoms with Crippen LogP contribution in [0.2, 0.25) is 0 Å². The zero-order valence-electron chi connectivity index (χ0n) is 84.0. The van der Waals surface area contributed by atoms with Gasteiger partial charge in [-0.15, -0.1) is 68.0 Å². The number of aromatic nitrogens is 6. The minimum absolute atomic E-state index is 0.000932. The van der Waals surface area contributed by atoms with Crippen molar-refractivity contribution in [2.75, 3.05) is 53.2 Å². The van der Waals surface area contributed by atoms with E-state index in [2.05, 4.69) is 151 Å². The quantitative estimate of drug-likeness (QED) is 0.00958. The van der Waals surface area contributed by atoms with Gasteiger partial charge < -0.3 is 76.1 Å². The van der Waals surface area contributed by atoms with Crippen LogP contribution in [0.4, 0.5) is 72.2 Å². The van der Waals surface area contributed by atoms with Crippen LogP contribution in [-0.4, -0.2) is 82.9 Å². The number of anilines is 10. The highest BCUT2D eigenvalue weighted by molar-refractivity contribution is 7.11. The van der Waals surface area contributed by atoms with E-state index >= 15 is 0 Å². The molecule has 12 aromatic rings. The number of guanidine groups is 1. The van der Waals surface area contributed by atoms with Gasteiger partial charge in [0.05, 0.1) is 67.7 Å². The molecule has 0 spiro atoms. The third-order valence-electron chi connectivity index (χ3n) is 20.5. The standard InChI is InChI=1S/C23H33N7S2.C23H28N6O3S2.C23H32N6OS2.C21H25NO2.C15H21NO2/c1-14(2)5-19-12-31-21(28-19)10-26-16-7-17(9-18(8-16)30-23(24)25)27-11-22-29-20(13-32-22)6-15(3)4;1-12(2)21(30)17-10-33-19(28-17)8-25-14-5-15(7-16(6-14)27-23(24)32)26-9-20-29-18(11-34-20)22(31)13(3)4;1-14(2)5-19-12-31-21(27-19)10-25-16-7-17(9-18(8-16)29-23(24)30)26-11-22-28-20(13-32-22)6-15(3)4;1-14(2)20(23)13-16-5-7-17(8-6-16)18-9-11-19(12-10-18)22-21(24)15(3)4;1-10(2)14(17)9-12-5-7-13(8-6-12)16-15(18)11(3)4/h7-9,12-15,26-27H,5-6,10-11H2,1-4H3,(H4,24,25,30);5-7,10-13,25-26H,8-9H2,1-4H3,(H3,24,27,32);7-9,12-15,25-26H,5-6,10-11H2,1-4H3,(H3,24,29,30);5-12,14-15H,13H2,1-4H3,(H,22,24);5-8,10-11H,9H2,1-4H3,(H,16,18). The number of thiazole rings is 6. The molecule has 0 bridgehead atoms. The maximum absolute atomic E-state index is 12.1. The second-order valence-corrected chi connectivity index (χ2v) is 43.1. The molecule has 0 aliphatic rings. The molecule has 0 saturated heterocycles. The van der Waals surface area contributed by atoms with E-state index in [0.29, 0.717) is 104 Å². The zero-order valence-corrected chi connectivity index (χ0v) is 88.9. The minimum Gasteiger partial charge on any atom is -0.378 e. The molecule has 0 atom stereocenters. The molecule has 18 N–H and O–H groups in total. The summed E-state index contributed by atoms with van der Waals surface area (Å²) in [6.07, 6.45) is 4.91. The molecule has 6 aromatic heterocycles. The van der Waals surface area contributed by atoms with Crippen molar-refractivity contribution in [1.29, 1.82) is 0 Å². The van der Waals surface area contributed by atoms with Gasteiger partial charge in [-0.3, -0.25) is 28.8 Å². The largest absolute Gasteiger partial charge is 0.378 e. The average molecular weight is 2020 g/mol. The number of nitrogens with one attached hydrogen (secondary N) is 10. The van der Waals surface area contributed by atoms with E-state index in [-0.39, 0.29) is 76.4 Å². The van der Waals surface area contributed by atoms with Crippen molar-refractivity contribution >= 4 is 184 Å². The third-order valence-corrected chi connectivity index (χ3v) is 25.8. The van der Waals surface area contributed by atoms with Gasteiger partial charge in [-0.1, -0.05) is 187 Å². The van der Waals surface area contributed by atoms with E-state index in [1.54, 1.807) is 68.2 Å². The third kappa shape index (κ3) is 41.0. The fourth-order valence-electron chi connectivity index (χ4n) is 13.2. The van der Waals surface area contributed by atoms with Gasteiger partial charge in [0.2, 0.25) is 11.8 Å². The van der Waals surface area contributed by atoms with Gasteiger partial charge in [-0.25, -0.2) is 44.5 Å². The van der Waals surface area contributed by atoms with E-state index in [1.807, 2.05) is 192 Å². The number of primary amides is 2. The summed E-state index contributed by atoms with van der Waals surface area (Å²) in [6.45, 7) is 43.5. The number of hydrogen-bond donors (Lipinski definition) is 14. The molecule has 748 valence electrons. The number of aliphatic imine (C=N–C) groups is 1. The monoisotopic (exact) mass is 2010 g/mol. The first-order valence-corrected chi connectivity index (χ1v) is 52.5. The predicted molar refractivity (Wildman–Crippen MR) is 583 cm³/mol. The summed E-state index contributed by atoms with van der Waals surface area (Å²) < 4.78 is 0. The Morgan fingerprint density at radius 1 is 0.286 bits per heavy atom. The van der Waals surface area contributed by atoms with Crippen LogP contribution in [0.1, 0.15) is 223 Å². The Kier molecular flexibility index (Phi) is 45.5. The van der Waals surface area contributed by atoms with Gasteiger partial charge in [0.15, 0.2) is 17.5 Å². The number of carbonyl (C=O) groups is 8. The molecule has 6 heterocycles. The number of rotatable bonds is 44. The Labute approximate surface area is 848 Å². The smallest absolute Gasteiger partial charge is 0.316 e. The summed E-state index contributed by atoms with van der Waals surface area (Å²) in [5, 5.41) is 49.0. The SMILES string of the molecule is CC(C)C(=O)Cc1ccc(-c2ccc(NC(=O)C(C)C)cc2)cc1.CC(C)C(=O)Cc1ccc(NC(=O)C(C)C)cc1.CC(C)C(=O)c1csc(CNc2cc(NCc3nc(C(=O)C(C)C)cs3)cc(NC(N)=O)c2)n1.CC(C)Cc1csc(CNc2cc(N=C(N)N)cc(NCc3nc(CC(C)C)cs3)c2)n1.CC(C)Cc1csc(CNc2cc(NCc3nc(CC(C)C)cs3)cc(NC(N)=O)c2)n1. The van der Waals surface area contributed by atoms with Crippen LogP contribution < -0.4 is 76.1 Å². The summed E-state index contributed by atoms with van der Waals surface area (Å²) in [5.41, 5.74) is 40.0. The highest BCUT2D eigenvalue weighted by Crippen LogP contribution is 2.32. The van der Waals surface area contributed by atoms with E-state index < -0.39 is 12.1 Å². The number of ketones is 4. The van der Waals surface area contributed by atoms with Crippen molar-refractivity contribution in [3.8, 4) is 11.1 Å². The molecule has 12 rings (SSSR count). The van der Waals surface area contributed by atoms with Crippen LogP contribution >= 0.6 is 68.0 Å². The van der Waals surface area contributed by atoms with Gasteiger partial charge in [-0.05, 0) is 150 Å². The lowest BCUT2D eigenvalue weighted by Gasteiger charge is -2.12. The highest BCUT2D eigenvalue weighted by Gasteiger charge is 2.21. The molecular formula is C105H139N21O8S6. The first kappa shape index (κ1) is 113. The Balaban J connectivity index is 0.000000218. The Morgan fingerprint density at radius 3 is 0.793 bits per heavy atom. The average Bonchev–Trinajstić information content (AvgIpc) is 1.58. The summed E-state index contributed by atoms with van der Waals surface area (Å²) in [5.74, 6) is 2.78. The van der Waals surface area contributed by atoms with Crippen LogP contribution in [0, 0.1) is 59.2 Å². The van der Waals surface area contributed by atoms with Crippen molar-refractivity contribution in [2.45, 2.75) is 216 Å². The van der Waals surface area contributed by atoms with Gasteiger partial charge in [-0.2, -0.15) is 0 Å². The first-order chi connectivity index (χ1) is 66.4. The molecular weight excluding hydrogens is 1880 g/mol. The maximum atomic E-state index is 12.1. The second-order valence-electron chi connectivity index (χ2n) is 37.5. The van der Waals surface area contributed by atoms with Crippen molar-refractivity contribution in [3.63, 3.8) is 0 Å². The van der Waals surface area contributed by atoms with Crippen molar-refractivity contribution < 1.29 is 38.4 Å². The van der Waals surface area contributed by atoms with Gasteiger partial charge in [0.25, 0.3) is 0 Å². The molecule has 0 unspecified atom stereocenters. The lowest BCUT2D eigenvalue weighted by atomic mass is 9.98. The number of nitrogens with two attached hydrogens (primary N) is 4. The number of Topliss-reactive ketones (excluding diaryl/α,β-unsaturated/α-hetero) is 4. The molecule has 0 saturated carbocycles. The Morgan fingerprint density at radius 2 is 0.536 bits per heavy atom. The maximum Gasteiger partial charge on any atom is 0.316 e. The van der Waals surface area contributed by atoms with E-state index in [9.17, 15) is 38.4 Å². The normalized spacial score (nSPS) is 11.0. The summed E-state index contributed by atoms with van der Waals surface area (Å²) in [6, 6.07) is 39.1. The van der Waals surface area contributed by atoms with Gasteiger partial charge in [0, 0.05) is 138 Å². The Bertz CT molecular complexity index is 5690. The number of benzene rings is 6. The molecule has 0 aliphatic heterocycles. The second kappa shape index (κ2) is 56.5. The molecule has 0 aliphatic carbocycles. The fraction of sp³-hybridized carbons (Fsp3) is 0.400. The summed E-state index contributed by atoms with van der Waals surface area (Å²) in [4.78, 5) is 126. The van der Waals surface area contributed by atoms with Crippen molar-refractivity contribution in [2.24, 2.45) is 87.1 Å². The lowest BCUT2D eigenvalue weighted by molar-refractivity contribution is -0.122. The topological polar surface area (TPSA) is 451 Å². The highest BCUT2D eigenvalue weighted by atomic mass is 32.1. The first-order valence-electron chi connectivity index (χ1n) is 47.2. The van der Waals surface area contributed by atoms with E-state index in [4.69, 9.17) is 42.9 Å². The number of hydrogen-bond acceptors (Lipinski definition) is 27. The van der Waals surface area contributed by atoms with Crippen molar-refractivity contribution in [3.05, 3.63) is 235 Å². The minimum atomic E-state index is -0.670. The molecule has 6 amide bonds. The van der Waals surface area contributed by atoms with Gasteiger partial charge in [0.1, 0.15) is 53.0 Å². The molecule has 35 heteroatoms. The molecule has 29 nitrogen and oxygen atoms in total. The fourth-order valence-corrected chi connectivity index (χ4v) is 17.6. The van der Waals surface area contributed by atoms with Crippen molar-refractivity contribution in [1.82, 2.24) is 29.9 Å². The number of nitrogens with zero attached hydrogens (tertiary/aromatic N) is 7. The molecule has 0 fully saturated rings. The summed E-state index contributed by atoms with van der Waals surface area (Å²) in [7, 11) is 0. The van der Waals surface area contributed by atoms with Crippen LogP contribution in [0.5, 0.6) is 0 Å². The zero-order chi connectivity index (χ0) is 102. The lowest BCUT2D eigenvalue weighted by Crippen LogP contribution is -2.21. The number of amides is 6. The number of carbonyl (C=O) groups excluding carboxylic acids is 8. The van der Waals surface area contributed by atoms with Gasteiger partial charge >= 0.3 is 12.1 Å².